The van der Waals surface area contributed by atoms with Crippen molar-refractivity contribution in [3.05, 3.63) is 166 Å². The molecule has 1 aliphatic rings. The Morgan fingerprint density at radius 2 is 0.854 bits per heavy atom. The Balaban J connectivity index is 1.53. The van der Waals surface area contributed by atoms with Gasteiger partial charge < -0.3 is 0 Å². The van der Waals surface area contributed by atoms with E-state index in [1.807, 2.05) is 0 Å². The van der Waals surface area contributed by atoms with E-state index in [0.29, 0.717) is 0 Å². The quantitative estimate of drug-likeness (QED) is 0.227. The smallest absolute Gasteiger partial charge is 0.106 e. The Kier molecular flexibility index (Phi) is 5.94. The SMILES string of the molecule is Cc1ccc(-c2cccc(C3(c4cccc(-c5ccc(C)c(C)c5)n4)c4ccccc4-c4ccccc43)n2)cc1C. The van der Waals surface area contributed by atoms with Crippen LogP contribution in [-0.2, 0) is 5.41 Å². The van der Waals surface area contributed by atoms with E-state index in [1.54, 1.807) is 0 Å². The zero-order chi connectivity index (χ0) is 28.1. The number of pyridine rings is 2. The van der Waals surface area contributed by atoms with E-state index in [4.69, 9.17) is 9.97 Å². The van der Waals surface area contributed by atoms with Crippen molar-refractivity contribution in [2.24, 2.45) is 0 Å². The Morgan fingerprint density at radius 3 is 1.29 bits per heavy atom. The van der Waals surface area contributed by atoms with Gasteiger partial charge in [0.1, 0.15) is 5.41 Å². The minimum atomic E-state index is -0.654. The third-order valence-corrected chi connectivity index (χ3v) is 8.82. The molecule has 7 rings (SSSR count). The standard InChI is InChI=1S/C39H32N2/c1-25-19-21-29(23-27(25)3)35-15-9-17-37(40-35)39(33-13-7-5-11-31(33)32-12-6-8-14-34(32)39)38-18-10-16-36(41-38)30-22-20-26(2)28(4)24-30/h5-24H,1-4H3. The van der Waals surface area contributed by atoms with Crippen LogP contribution in [0.5, 0.6) is 0 Å². The zero-order valence-electron chi connectivity index (χ0n) is 23.9. The number of aryl methyl sites for hydroxylation is 4. The second kappa shape index (κ2) is 9.67. The Bertz CT molecular complexity index is 1810. The van der Waals surface area contributed by atoms with Crippen LogP contribution in [0.15, 0.2) is 121 Å². The molecule has 1 aliphatic carbocycles. The molecule has 4 aromatic carbocycles. The van der Waals surface area contributed by atoms with Crippen molar-refractivity contribution in [3.63, 3.8) is 0 Å². The molecule has 2 heteroatoms. The number of aromatic nitrogens is 2. The lowest BCUT2D eigenvalue weighted by atomic mass is 9.72. The average molecular weight is 529 g/mol. The van der Waals surface area contributed by atoms with Crippen LogP contribution in [0.2, 0.25) is 0 Å². The Hall–Kier alpha value is -4.82. The fraction of sp³-hybridized carbons (Fsp3) is 0.128. The van der Waals surface area contributed by atoms with Crippen molar-refractivity contribution in [3.8, 4) is 33.6 Å². The lowest BCUT2D eigenvalue weighted by Gasteiger charge is -2.32. The van der Waals surface area contributed by atoms with Crippen LogP contribution >= 0.6 is 0 Å². The van der Waals surface area contributed by atoms with Crippen molar-refractivity contribution in [2.75, 3.05) is 0 Å². The fourth-order valence-electron chi connectivity index (χ4n) is 6.33. The first-order valence-corrected chi connectivity index (χ1v) is 14.3. The monoisotopic (exact) mass is 528 g/mol. The summed E-state index contributed by atoms with van der Waals surface area (Å²) >= 11 is 0. The maximum Gasteiger partial charge on any atom is 0.106 e. The highest BCUT2D eigenvalue weighted by Crippen LogP contribution is 2.55. The van der Waals surface area contributed by atoms with E-state index in [1.165, 1.54) is 44.5 Å². The van der Waals surface area contributed by atoms with Gasteiger partial charge in [-0.3, -0.25) is 9.97 Å². The number of benzene rings is 4. The molecule has 0 amide bonds. The van der Waals surface area contributed by atoms with Crippen LogP contribution in [0.25, 0.3) is 33.6 Å². The summed E-state index contributed by atoms with van der Waals surface area (Å²) in [7, 11) is 0. The molecule has 0 fully saturated rings. The fourth-order valence-corrected chi connectivity index (χ4v) is 6.33. The van der Waals surface area contributed by atoms with Gasteiger partial charge in [-0.15, -0.1) is 0 Å². The summed E-state index contributed by atoms with van der Waals surface area (Å²) in [6.45, 7) is 8.63. The third kappa shape index (κ3) is 3.94. The minimum Gasteiger partial charge on any atom is -0.251 e. The Morgan fingerprint density at radius 1 is 0.415 bits per heavy atom. The molecule has 6 aromatic rings. The number of hydrogen-bond donors (Lipinski definition) is 0. The first kappa shape index (κ1) is 25.2. The molecule has 2 nitrogen and oxygen atoms in total. The molecule has 0 unspecified atom stereocenters. The van der Waals surface area contributed by atoms with Gasteiger partial charge >= 0.3 is 0 Å². The summed E-state index contributed by atoms with van der Waals surface area (Å²) < 4.78 is 0. The van der Waals surface area contributed by atoms with Crippen LogP contribution in [0.3, 0.4) is 0 Å². The maximum atomic E-state index is 5.43. The van der Waals surface area contributed by atoms with Gasteiger partial charge in [0.25, 0.3) is 0 Å². The summed E-state index contributed by atoms with van der Waals surface area (Å²) in [6, 6.07) is 43.6. The van der Waals surface area contributed by atoms with Crippen LogP contribution < -0.4 is 0 Å². The molecule has 0 saturated heterocycles. The van der Waals surface area contributed by atoms with E-state index >= 15 is 0 Å². The predicted octanol–water partition coefficient (Wildman–Crippen LogP) is 9.41. The molecular weight excluding hydrogens is 496 g/mol. The van der Waals surface area contributed by atoms with Crippen molar-refractivity contribution in [2.45, 2.75) is 33.1 Å². The largest absolute Gasteiger partial charge is 0.251 e. The Labute approximate surface area is 242 Å². The number of rotatable bonds is 4. The maximum absolute atomic E-state index is 5.43. The second-order valence-corrected chi connectivity index (χ2v) is 11.3. The molecular formula is C39H32N2. The van der Waals surface area contributed by atoms with Crippen LogP contribution in [0.4, 0.5) is 0 Å². The molecule has 0 bridgehead atoms. The molecule has 0 radical (unpaired) electrons. The molecule has 198 valence electrons. The molecule has 41 heavy (non-hydrogen) atoms. The van der Waals surface area contributed by atoms with Gasteiger partial charge in [-0.05, 0) is 109 Å². The van der Waals surface area contributed by atoms with E-state index in [9.17, 15) is 0 Å². The summed E-state index contributed by atoms with van der Waals surface area (Å²) in [4.78, 5) is 10.9. The first-order valence-electron chi connectivity index (χ1n) is 14.3. The summed E-state index contributed by atoms with van der Waals surface area (Å²) in [5, 5.41) is 0. The van der Waals surface area contributed by atoms with Gasteiger partial charge in [-0.25, -0.2) is 0 Å². The zero-order valence-corrected chi connectivity index (χ0v) is 23.9. The topological polar surface area (TPSA) is 25.8 Å². The van der Waals surface area contributed by atoms with E-state index < -0.39 is 5.41 Å². The van der Waals surface area contributed by atoms with Gasteiger partial charge in [-0.2, -0.15) is 0 Å². The molecule has 0 aliphatic heterocycles. The number of fused-ring (bicyclic) bond motifs is 3. The second-order valence-electron chi connectivity index (χ2n) is 11.3. The van der Waals surface area contributed by atoms with Gasteiger partial charge in [0, 0.05) is 11.1 Å². The molecule has 0 saturated carbocycles. The van der Waals surface area contributed by atoms with Crippen molar-refractivity contribution in [1.82, 2.24) is 9.97 Å². The first-order chi connectivity index (χ1) is 20.0. The minimum absolute atomic E-state index is 0.654. The third-order valence-electron chi connectivity index (χ3n) is 8.82. The molecule has 0 spiro atoms. The average Bonchev–Trinajstić information content (AvgIpc) is 3.31. The number of nitrogens with zero attached hydrogens (tertiary/aromatic N) is 2. The lowest BCUT2D eigenvalue weighted by Crippen LogP contribution is -2.31. The molecule has 0 atom stereocenters. The van der Waals surface area contributed by atoms with Gasteiger partial charge in [0.05, 0.1) is 22.8 Å². The summed E-state index contributed by atoms with van der Waals surface area (Å²) in [5.74, 6) is 0. The van der Waals surface area contributed by atoms with Crippen molar-refractivity contribution < 1.29 is 0 Å². The normalized spacial score (nSPS) is 13.1. The van der Waals surface area contributed by atoms with E-state index in [0.717, 1.165) is 33.9 Å². The highest BCUT2D eigenvalue weighted by molar-refractivity contribution is 5.85. The van der Waals surface area contributed by atoms with Gasteiger partial charge in [-0.1, -0.05) is 84.9 Å². The van der Waals surface area contributed by atoms with Crippen molar-refractivity contribution in [1.29, 1.82) is 0 Å². The summed E-state index contributed by atoms with van der Waals surface area (Å²) in [6.07, 6.45) is 0. The van der Waals surface area contributed by atoms with E-state index in [2.05, 4.69) is 149 Å². The highest BCUT2D eigenvalue weighted by Gasteiger charge is 2.48. The predicted molar refractivity (Wildman–Crippen MR) is 169 cm³/mol. The molecule has 0 N–H and O–H groups in total. The lowest BCUT2D eigenvalue weighted by molar-refractivity contribution is 0.708. The van der Waals surface area contributed by atoms with Crippen LogP contribution in [0, 0.1) is 27.7 Å². The van der Waals surface area contributed by atoms with Crippen LogP contribution in [-0.4, -0.2) is 9.97 Å². The number of hydrogen-bond acceptors (Lipinski definition) is 2. The van der Waals surface area contributed by atoms with Gasteiger partial charge in [0.15, 0.2) is 0 Å². The van der Waals surface area contributed by atoms with Crippen LogP contribution in [0.1, 0.15) is 44.8 Å². The van der Waals surface area contributed by atoms with Gasteiger partial charge in [0.2, 0.25) is 0 Å². The molecule has 2 aromatic heterocycles. The van der Waals surface area contributed by atoms with E-state index in [-0.39, 0.29) is 0 Å². The highest BCUT2D eigenvalue weighted by atomic mass is 14.8. The van der Waals surface area contributed by atoms with Crippen molar-refractivity contribution >= 4 is 0 Å². The molecule has 2 heterocycles. The summed E-state index contributed by atoms with van der Waals surface area (Å²) in [5.41, 5.74) is 15.5.